The molecule has 1 unspecified atom stereocenters. The first-order valence-corrected chi connectivity index (χ1v) is 8.15. The standard InChI is InChI=1S/C15H20N4OS/c1-4-10-5-6-19(7-10)15(20)13-12(16)11-8(2)9(3)17-18-14(11)21-13/h10H,4-7,16H2,1-3H3. The first kappa shape index (κ1) is 14.3. The van der Waals surface area contributed by atoms with Gasteiger partial charge in [0, 0.05) is 18.5 Å². The maximum Gasteiger partial charge on any atom is 0.266 e. The van der Waals surface area contributed by atoms with Crippen LogP contribution in [0.15, 0.2) is 0 Å². The van der Waals surface area contributed by atoms with Gasteiger partial charge in [0.15, 0.2) is 0 Å². The van der Waals surface area contributed by atoms with Crippen molar-refractivity contribution in [2.75, 3.05) is 18.8 Å². The Hall–Kier alpha value is -1.69. The number of hydrogen-bond donors (Lipinski definition) is 1. The monoisotopic (exact) mass is 304 g/mol. The number of nitrogens with two attached hydrogens (primary N) is 1. The molecule has 0 bridgehead atoms. The molecule has 1 fully saturated rings. The van der Waals surface area contributed by atoms with Crippen LogP contribution in [-0.2, 0) is 0 Å². The van der Waals surface area contributed by atoms with Crippen LogP contribution in [-0.4, -0.2) is 34.1 Å². The number of aromatic nitrogens is 2. The second kappa shape index (κ2) is 5.26. The van der Waals surface area contributed by atoms with Crippen molar-refractivity contribution in [3.8, 4) is 0 Å². The average molecular weight is 304 g/mol. The molecule has 2 N–H and O–H groups in total. The quantitative estimate of drug-likeness (QED) is 0.926. The van der Waals surface area contributed by atoms with E-state index in [-0.39, 0.29) is 5.91 Å². The molecule has 2 aromatic rings. The largest absolute Gasteiger partial charge is 0.397 e. The molecule has 0 radical (unpaired) electrons. The Morgan fingerprint density at radius 1 is 1.43 bits per heavy atom. The van der Waals surface area contributed by atoms with Crippen molar-refractivity contribution in [1.29, 1.82) is 0 Å². The van der Waals surface area contributed by atoms with Crippen molar-refractivity contribution in [3.05, 3.63) is 16.1 Å². The molecular weight excluding hydrogens is 284 g/mol. The van der Waals surface area contributed by atoms with Gasteiger partial charge in [-0.05, 0) is 31.7 Å². The lowest BCUT2D eigenvalue weighted by molar-refractivity contribution is 0.0792. The number of likely N-dealkylation sites (tertiary alicyclic amines) is 1. The lowest BCUT2D eigenvalue weighted by Crippen LogP contribution is -2.28. The third kappa shape index (κ3) is 2.27. The van der Waals surface area contributed by atoms with Gasteiger partial charge in [-0.3, -0.25) is 4.79 Å². The maximum absolute atomic E-state index is 12.7. The molecule has 21 heavy (non-hydrogen) atoms. The van der Waals surface area contributed by atoms with Gasteiger partial charge in [-0.2, -0.15) is 5.10 Å². The number of carbonyl (C=O) groups excluding carboxylic acids is 1. The Bertz CT molecular complexity index is 709. The Morgan fingerprint density at radius 3 is 2.86 bits per heavy atom. The molecule has 1 aliphatic rings. The number of amides is 1. The van der Waals surface area contributed by atoms with E-state index >= 15 is 0 Å². The van der Waals surface area contributed by atoms with Crippen LogP contribution in [0.1, 0.15) is 40.7 Å². The van der Waals surface area contributed by atoms with Crippen LogP contribution in [0.3, 0.4) is 0 Å². The van der Waals surface area contributed by atoms with Crippen LogP contribution in [0.5, 0.6) is 0 Å². The Morgan fingerprint density at radius 2 is 2.19 bits per heavy atom. The molecule has 2 aromatic heterocycles. The smallest absolute Gasteiger partial charge is 0.266 e. The SMILES string of the molecule is CCC1CCN(C(=O)c2sc3nnc(C)c(C)c3c2N)C1. The first-order valence-electron chi connectivity index (χ1n) is 7.34. The van der Waals surface area contributed by atoms with Crippen molar-refractivity contribution in [2.24, 2.45) is 5.92 Å². The second-order valence-electron chi connectivity index (χ2n) is 5.75. The molecule has 0 aromatic carbocycles. The van der Waals surface area contributed by atoms with Crippen molar-refractivity contribution in [1.82, 2.24) is 15.1 Å². The molecule has 1 amide bonds. The Labute approximate surface area is 128 Å². The van der Waals surface area contributed by atoms with E-state index in [9.17, 15) is 4.79 Å². The van der Waals surface area contributed by atoms with Gasteiger partial charge < -0.3 is 10.6 Å². The number of aryl methyl sites for hydroxylation is 2. The Balaban J connectivity index is 2.00. The summed E-state index contributed by atoms with van der Waals surface area (Å²) >= 11 is 1.36. The summed E-state index contributed by atoms with van der Waals surface area (Å²) in [6, 6.07) is 0. The first-order chi connectivity index (χ1) is 10.0. The minimum atomic E-state index is 0.0449. The lowest BCUT2D eigenvalue weighted by Gasteiger charge is -2.15. The fourth-order valence-electron chi connectivity index (χ4n) is 2.89. The maximum atomic E-state index is 12.7. The van der Waals surface area contributed by atoms with Crippen LogP contribution < -0.4 is 5.73 Å². The average Bonchev–Trinajstić information content (AvgIpc) is 3.07. The minimum absolute atomic E-state index is 0.0449. The summed E-state index contributed by atoms with van der Waals surface area (Å²) in [5.41, 5.74) is 8.68. The van der Waals surface area contributed by atoms with E-state index in [4.69, 9.17) is 5.73 Å². The zero-order valence-electron chi connectivity index (χ0n) is 12.6. The molecule has 1 saturated heterocycles. The highest BCUT2D eigenvalue weighted by Crippen LogP contribution is 2.36. The molecule has 6 heteroatoms. The van der Waals surface area contributed by atoms with Gasteiger partial charge >= 0.3 is 0 Å². The number of rotatable bonds is 2. The van der Waals surface area contributed by atoms with Gasteiger partial charge in [-0.25, -0.2) is 0 Å². The lowest BCUT2D eigenvalue weighted by atomic mass is 10.1. The van der Waals surface area contributed by atoms with Gasteiger partial charge in [0.2, 0.25) is 0 Å². The molecule has 0 aliphatic carbocycles. The van der Waals surface area contributed by atoms with Crippen molar-refractivity contribution in [3.63, 3.8) is 0 Å². The summed E-state index contributed by atoms with van der Waals surface area (Å²) in [6.45, 7) is 7.73. The van der Waals surface area contributed by atoms with Crippen LogP contribution >= 0.6 is 11.3 Å². The highest BCUT2D eigenvalue weighted by molar-refractivity contribution is 7.21. The zero-order valence-corrected chi connectivity index (χ0v) is 13.5. The predicted molar refractivity (Wildman–Crippen MR) is 85.6 cm³/mol. The molecule has 3 heterocycles. The number of fused-ring (bicyclic) bond motifs is 1. The van der Waals surface area contributed by atoms with Gasteiger partial charge in [0.1, 0.15) is 9.71 Å². The summed E-state index contributed by atoms with van der Waals surface area (Å²) in [7, 11) is 0. The van der Waals surface area contributed by atoms with E-state index in [0.717, 1.165) is 47.4 Å². The molecule has 5 nitrogen and oxygen atoms in total. The summed E-state index contributed by atoms with van der Waals surface area (Å²) in [5.74, 6) is 0.664. The number of thiophene rings is 1. The van der Waals surface area contributed by atoms with Crippen molar-refractivity contribution in [2.45, 2.75) is 33.6 Å². The summed E-state index contributed by atoms with van der Waals surface area (Å²) in [6.07, 6.45) is 2.21. The minimum Gasteiger partial charge on any atom is -0.397 e. The second-order valence-corrected chi connectivity index (χ2v) is 6.75. The van der Waals surface area contributed by atoms with Gasteiger partial charge in [-0.1, -0.05) is 13.3 Å². The Kier molecular flexibility index (Phi) is 3.57. The number of nitrogens with zero attached hydrogens (tertiary/aromatic N) is 3. The normalized spacial score (nSPS) is 18.6. The summed E-state index contributed by atoms with van der Waals surface area (Å²) in [4.78, 5) is 16.0. The molecule has 0 saturated carbocycles. The van der Waals surface area contributed by atoms with Crippen molar-refractivity contribution >= 4 is 33.1 Å². The summed E-state index contributed by atoms with van der Waals surface area (Å²) < 4.78 is 0. The van der Waals surface area contributed by atoms with Crippen molar-refractivity contribution < 1.29 is 4.79 Å². The topological polar surface area (TPSA) is 72.1 Å². The van der Waals surface area contributed by atoms with E-state index in [1.54, 1.807) is 0 Å². The number of anilines is 1. The molecule has 112 valence electrons. The number of carbonyl (C=O) groups is 1. The van der Waals surface area contributed by atoms with E-state index < -0.39 is 0 Å². The molecular formula is C15H20N4OS. The van der Waals surface area contributed by atoms with Gasteiger partial charge in [0.05, 0.1) is 11.4 Å². The van der Waals surface area contributed by atoms with Gasteiger partial charge in [-0.15, -0.1) is 16.4 Å². The third-order valence-corrected chi connectivity index (χ3v) is 5.56. The van der Waals surface area contributed by atoms with Crippen LogP contribution in [0.25, 0.3) is 10.2 Å². The van der Waals surface area contributed by atoms with Crippen LogP contribution in [0.4, 0.5) is 5.69 Å². The van der Waals surface area contributed by atoms with E-state index in [0.29, 0.717) is 16.5 Å². The van der Waals surface area contributed by atoms with Gasteiger partial charge in [0.25, 0.3) is 5.91 Å². The highest BCUT2D eigenvalue weighted by Gasteiger charge is 2.29. The fraction of sp³-hybridized carbons (Fsp3) is 0.533. The predicted octanol–water partition coefficient (Wildman–Crippen LogP) is 2.76. The molecule has 1 aliphatic heterocycles. The number of hydrogen-bond acceptors (Lipinski definition) is 5. The zero-order chi connectivity index (χ0) is 15.1. The molecule has 1 atom stereocenters. The molecule has 0 spiro atoms. The van der Waals surface area contributed by atoms with Crippen LogP contribution in [0, 0.1) is 19.8 Å². The van der Waals surface area contributed by atoms with E-state index in [1.807, 2.05) is 18.7 Å². The van der Waals surface area contributed by atoms with E-state index in [2.05, 4.69) is 17.1 Å². The highest BCUT2D eigenvalue weighted by atomic mass is 32.1. The van der Waals surface area contributed by atoms with E-state index in [1.165, 1.54) is 11.3 Å². The third-order valence-electron chi connectivity index (χ3n) is 4.48. The summed E-state index contributed by atoms with van der Waals surface area (Å²) in [5, 5.41) is 9.20. The molecule has 3 rings (SSSR count). The number of nitrogen functional groups attached to an aromatic ring is 1. The van der Waals surface area contributed by atoms with Crippen LogP contribution in [0.2, 0.25) is 0 Å². The fourth-order valence-corrected chi connectivity index (χ4v) is 3.96.